The fourth-order valence-corrected chi connectivity index (χ4v) is 10.4. The lowest BCUT2D eigenvalue weighted by molar-refractivity contribution is 0.660. The molecular formula is C57H41NS. The van der Waals surface area contributed by atoms with Crippen molar-refractivity contribution in [2.24, 2.45) is 0 Å². The number of hydrogen-bond donors (Lipinski definition) is 0. The summed E-state index contributed by atoms with van der Waals surface area (Å²) < 4.78 is 2.63. The Morgan fingerprint density at radius 3 is 1.46 bits per heavy atom. The maximum absolute atomic E-state index is 2.45. The van der Waals surface area contributed by atoms with E-state index in [0.717, 1.165) is 17.1 Å². The lowest BCUT2D eigenvalue weighted by atomic mass is 9.81. The van der Waals surface area contributed by atoms with E-state index in [1.165, 1.54) is 86.9 Å². The van der Waals surface area contributed by atoms with Crippen LogP contribution in [-0.2, 0) is 5.41 Å². The highest BCUT2D eigenvalue weighted by atomic mass is 32.1. The largest absolute Gasteiger partial charge is 0.311 e. The van der Waals surface area contributed by atoms with Crippen LogP contribution in [0.1, 0.15) is 25.0 Å². The van der Waals surface area contributed by atoms with Gasteiger partial charge < -0.3 is 4.90 Å². The van der Waals surface area contributed by atoms with Gasteiger partial charge in [0.1, 0.15) is 0 Å². The van der Waals surface area contributed by atoms with E-state index in [2.05, 4.69) is 231 Å². The second-order valence-electron chi connectivity index (χ2n) is 16.1. The van der Waals surface area contributed by atoms with Crippen LogP contribution in [0.4, 0.5) is 17.1 Å². The molecule has 0 N–H and O–H groups in total. The summed E-state index contributed by atoms with van der Waals surface area (Å²) >= 11 is 1.89. The zero-order valence-corrected chi connectivity index (χ0v) is 33.9. The van der Waals surface area contributed by atoms with Gasteiger partial charge in [-0.05, 0) is 122 Å². The molecule has 280 valence electrons. The lowest BCUT2D eigenvalue weighted by Gasteiger charge is -2.26. The minimum Gasteiger partial charge on any atom is -0.311 e. The van der Waals surface area contributed by atoms with Gasteiger partial charge in [-0.25, -0.2) is 0 Å². The highest BCUT2D eigenvalue weighted by molar-refractivity contribution is 7.26. The molecule has 0 amide bonds. The Labute approximate surface area is 350 Å². The molecular weight excluding hydrogens is 731 g/mol. The molecule has 9 aromatic carbocycles. The Bertz CT molecular complexity index is 3060. The fraction of sp³-hybridized carbons (Fsp3) is 0.0526. The molecule has 0 saturated heterocycles. The van der Waals surface area contributed by atoms with Crippen LogP contribution in [0.5, 0.6) is 0 Å². The Kier molecular flexibility index (Phi) is 8.43. The highest BCUT2D eigenvalue weighted by Crippen LogP contribution is 2.50. The molecule has 11 rings (SSSR count). The van der Waals surface area contributed by atoms with Gasteiger partial charge in [0.25, 0.3) is 0 Å². The molecule has 2 heteroatoms. The van der Waals surface area contributed by atoms with Crippen LogP contribution in [0.25, 0.3) is 75.8 Å². The standard InChI is InChI=1S/C57H41NS/c1-57(2)53-19-11-9-17-48(53)49-34-27-43(37-54(49)57)44-35-51(56-52(36-44)50-18-10-12-20-55(50)59-56)42-25-32-47(33-26-42)58(45-28-21-40(22-29-45)38-13-5-3-6-14-38)46-30-23-41(24-31-46)39-15-7-4-8-16-39/h3-37H,1-2H3. The third-order valence-corrected chi connectivity index (χ3v) is 13.5. The number of hydrogen-bond acceptors (Lipinski definition) is 2. The molecule has 1 aliphatic carbocycles. The van der Waals surface area contributed by atoms with E-state index < -0.39 is 0 Å². The van der Waals surface area contributed by atoms with Gasteiger partial charge in [-0.15, -0.1) is 11.3 Å². The van der Waals surface area contributed by atoms with Gasteiger partial charge in [0.15, 0.2) is 0 Å². The highest BCUT2D eigenvalue weighted by Gasteiger charge is 2.35. The molecule has 0 spiro atoms. The summed E-state index contributed by atoms with van der Waals surface area (Å²) in [5, 5.41) is 2.62. The number of thiophene rings is 1. The van der Waals surface area contributed by atoms with Crippen molar-refractivity contribution in [3.05, 3.63) is 223 Å². The van der Waals surface area contributed by atoms with E-state index in [4.69, 9.17) is 0 Å². The van der Waals surface area contributed by atoms with Crippen LogP contribution in [0.3, 0.4) is 0 Å². The Hall–Kier alpha value is -7.00. The van der Waals surface area contributed by atoms with E-state index in [1.54, 1.807) is 0 Å². The first-order valence-corrected chi connectivity index (χ1v) is 21.2. The van der Waals surface area contributed by atoms with E-state index in [1.807, 2.05) is 11.3 Å². The molecule has 59 heavy (non-hydrogen) atoms. The monoisotopic (exact) mass is 771 g/mol. The predicted molar refractivity (Wildman–Crippen MR) is 253 cm³/mol. The van der Waals surface area contributed by atoms with Crippen LogP contribution in [0.2, 0.25) is 0 Å². The molecule has 0 saturated carbocycles. The van der Waals surface area contributed by atoms with Crippen LogP contribution >= 0.6 is 11.3 Å². The molecule has 0 aliphatic heterocycles. The summed E-state index contributed by atoms with van der Waals surface area (Å²) in [5.41, 5.74) is 18.6. The zero-order chi connectivity index (χ0) is 39.5. The van der Waals surface area contributed by atoms with Crippen LogP contribution < -0.4 is 4.90 Å². The summed E-state index contributed by atoms with van der Waals surface area (Å²) in [7, 11) is 0. The van der Waals surface area contributed by atoms with Gasteiger partial charge in [0, 0.05) is 48.2 Å². The summed E-state index contributed by atoms with van der Waals surface area (Å²) in [6.07, 6.45) is 0. The van der Waals surface area contributed by atoms with Crippen molar-refractivity contribution >= 4 is 48.6 Å². The van der Waals surface area contributed by atoms with Gasteiger partial charge in [0.05, 0.1) is 0 Å². The Balaban J connectivity index is 1.02. The number of rotatable bonds is 7. The van der Waals surface area contributed by atoms with Crippen molar-refractivity contribution in [1.29, 1.82) is 0 Å². The summed E-state index contributed by atoms with van der Waals surface area (Å²) in [5.74, 6) is 0. The summed E-state index contributed by atoms with van der Waals surface area (Å²) in [4.78, 5) is 2.36. The average molecular weight is 772 g/mol. The lowest BCUT2D eigenvalue weighted by Crippen LogP contribution is -2.14. The first-order valence-electron chi connectivity index (χ1n) is 20.4. The van der Waals surface area contributed by atoms with E-state index in [-0.39, 0.29) is 5.41 Å². The van der Waals surface area contributed by atoms with Crippen molar-refractivity contribution in [3.63, 3.8) is 0 Å². The second kappa shape index (κ2) is 14.1. The molecule has 0 fully saturated rings. The Morgan fingerprint density at radius 1 is 0.339 bits per heavy atom. The van der Waals surface area contributed by atoms with E-state index in [9.17, 15) is 0 Å². The second-order valence-corrected chi connectivity index (χ2v) is 17.2. The van der Waals surface area contributed by atoms with E-state index in [0.29, 0.717) is 0 Å². The minimum atomic E-state index is -0.0601. The number of benzene rings is 9. The number of fused-ring (bicyclic) bond motifs is 6. The third kappa shape index (κ3) is 6.07. The maximum atomic E-state index is 2.45. The van der Waals surface area contributed by atoms with Crippen molar-refractivity contribution < 1.29 is 0 Å². The van der Waals surface area contributed by atoms with Gasteiger partial charge in [-0.1, -0.05) is 166 Å². The molecule has 0 unspecified atom stereocenters. The average Bonchev–Trinajstić information content (AvgIpc) is 3.79. The maximum Gasteiger partial charge on any atom is 0.0462 e. The van der Waals surface area contributed by atoms with Crippen molar-refractivity contribution in [1.82, 2.24) is 0 Å². The molecule has 0 radical (unpaired) electrons. The van der Waals surface area contributed by atoms with Crippen molar-refractivity contribution in [3.8, 4) is 55.6 Å². The SMILES string of the molecule is CC1(C)c2ccccc2-c2ccc(-c3cc(-c4ccc(N(c5ccc(-c6ccccc6)cc5)c5ccc(-c6ccccc6)cc5)cc4)c4sc5ccccc5c4c3)cc21. The van der Waals surface area contributed by atoms with Gasteiger partial charge in [-0.3, -0.25) is 0 Å². The smallest absolute Gasteiger partial charge is 0.0462 e. The molecule has 0 bridgehead atoms. The number of anilines is 3. The van der Waals surface area contributed by atoms with E-state index >= 15 is 0 Å². The van der Waals surface area contributed by atoms with Gasteiger partial charge >= 0.3 is 0 Å². The number of nitrogens with zero attached hydrogens (tertiary/aromatic N) is 1. The van der Waals surface area contributed by atoms with Gasteiger partial charge in [0.2, 0.25) is 0 Å². The molecule has 10 aromatic rings. The Morgan fingerprint density at radius 2 is 0.831 bits per heavy atom. The first-order chi connectivity index (χ1) is 29.0. The molecule has 1 heterocycles. The fourth-order valence-electron chi connectivity index (χ4n) is 9.20. The predicted octanol–water partition coefficient (Wildman–Crippen LogP) is 16.5. The van der Waals surface area contributed by atoms with Crippen molar-refractivity contribution in [2.45, 2.75) is 19.3 Å². The van der Waals surface area contributed by atoms with Gasteiger partial charge in [-0.2, -0.15) is 0 Å². The van der Waals surface area contributed by atoms with Crippen LogP contribution in [0, 0.1) is 0 Å². The van der Waals surface area contributed by atoms with Crippen molar-refractivity contribution in [2.75, 3.05) is 4.90 Å². The molecule has 1 aromatic heterocycles. The zero-order valence-electron chi connectivity index (χ0n) is 33.1. The topological polar surface area (TPSA) is 3.24 Å². The quantitative estimate of drug-likeness (QED) is 0.156. The molecule has 1 nitrogen and oxygen atoms in total. The molecule has 1 aliphatic rings. The third-order valence-electron chi connectivity index (χ3n) is 12.3. The van der Waals surface area contributed by atoms with Crippen LogP contribution in [-0.4, -0.2) is 0 Å². The summed E-state index contributed by atoms with van der Waals surface area (Å²) in [6.45, 7) is 4.73. The normalized spacial score (nSPS) is 12.7. The summed E-state index contributed by atoms with van der Waals surface area (Å²) in [6, 6.07) is 77.9. The first kappa shape index (κ1) is 35.2. The van der Waals surface area contributed by atoms with Crippen LogP contribution in [0.15, 0.2) is 212 Å². The minimum absolute atomic E-state index is 0.0601. The molecule has 0 atom stereocenters.